The van der Waals surface area contributed by atoms with Gasteiger partial charge in [-0.3, -0.25) is 9.69 Å². The molecule has 2 aromatic carbocycles. The van der Waals surface area contributed by atoms with Crippen LogP contribution < -0.4 is 10.2 Å². The van der Waals surface area contributed by atoms with E-state index in [1.807, 2.05) is 24.3 Å². The third-order valence-electron chi connectivity index (χ3n) is 5.08. The Morgan fingerprint density at radius 3 is 2.48 bits per heavy atom. The zero-order valence-corrected chi connectivity index (χ0v) is 15.7. The minimum atomic E-state index is -0.491. The number of nitrogens with one attached hydrogen (secondary N) is 1. The first-order chi connectivity index (χ1) is 12.9. The monoisotopic (exact) mass is 373 g/mol. The first-order valence-electron chi connectivity index (χ1n) is 9.24. The van der Waals surface area contributed by atoms with Gasteiger partial charge in [0.05, 0.1) is 6.54 Å². The van der Waals surface area contributed by atoms with Crippen molar-refractivity contribution in [3.63, 3.8) is 0 Å². The SMILES string of the molecule is CC(c1cc(F)ccc1F)N(C)CC(=O)Nc1ccc(N2CCCC2)cc1. The van der Waals surface area contributed by atoms with Gasteiger partial charge in [0.1, 0.15) is 11.6 Å². The van der Waals surface area contributed by atoms with Gasteiger partial charge in [-0.05, 0) is 69.3 Å². The van der Waals surface area contributed by atoms with Crippen molar-refractivity contribution in [2.24, 2.45) is 0 Å². The van der Waals surface area contributed by atoms with Crippen LogP contribution in [0, 0.1) is 11.6 Å². The number of carbonyl (C=O) groups excluding carboxylic acids is 1. The Balaban J connectivity index is 1.57. The summed E-state index contributed by atoms with van der Waals surface area (Å²) in [4.78, 5) is 16.3. The zero-order valence-electron chi connectivity index (χ0n) is 15.7. The molecule has 1 aliphatic rings. The Bertz CT molecular complexity index is 789. The van der Waals surface area contributed by atoms with Gasteiger partial charge in [0, 0.05) is 36.1 Å². The third-order valence-corrected chi connectivity index (χ3v) is 5.08. The number of halogens is 2. The predicted octanol–water partition coefficient (Wildman–Crippen LogP) is 4.20. The fourth-order valence-corrected chi connectivity index (χ4v) is 3.37. The van der Waals surface area contributed by atoms with E-state index in [2.05, 4.69) is 10.2 Å². The second-order valence-corrected chi connectivity index (χ2v) is 7.05. The van der Waals surface area contributed by atoms with Gasteiger partial charge in [-0.1, -0.05) is 0 Å². The number of anilines is 2. The highest BCUT2D eigenvalue weighted by atomic mass is 19.1. The molecule has 1 saturated heterocycles. The highest BCUT2D eigenvalue weighted by Gasteiger charge is 2.19. The van der Waals surface area contributed by atoms with Crippen molar-refractivity contribution in [3.8, 4) is 0 Å². The number of rotatable bonds is 6. The van der Waals surface area contributed by atoms with E-state index >= 15 is 0 Å². The lowest BCUT2D eigenvalue weighted by Crippen LogP contribution is -2.32. The summed E-state index contributed by atoms with van der Waals surface area (Å²) >= 11 is 0. The summed E-state index contributed by atoms with van der Waals surface area (Å²) in [7, 11) is 1.71. The van der Waals surface area contributed by atoms with Crippen LogP contribution in [0.25, 0.3) is 0 Å². The van der Waals surface area contributed by atoms with Gasteiger partial charge in [-0.15, -0.1) is 0 Å². The molecule has 1 unspecified atom stereocenters. The molecule has 0 radical (unpaired) electrons. The summed E-state index contributed by atoms with van der Waals surface area (Å²) in [6, 6.07) is 10.7. The molecule has 0 bridgehead atoms. The van der Waals surface area contributed by atoms with Gasteiger partial charge in [-0.25, -0.2) is 8.78 Å². The number of carbonyl (C=O) groups is 1. The molecular weight excluding hydrogens is 348 g/mol. The van der Waals surface area contributed by atoms with Crippen LogP contribution in [0.5, 0.6) is 0 Å². The van der Waals surface area contributed by atoms with Crippen molar-refractivity contribution < 1.29 is 13.6 Å². The van der Waals surface area contributed by atoms with Crippen LogP contribution in [0.4, 0.5) is 20.2 Å². The molecule has 1 amide bonds. The summed E-state index contributed by atoms with van der Waals surface area (Å²) in [5.41, 5.74) is 2.12. The number of hydrogen-bond acceptors (Lipinski definition) is 3. The topological polar surface area (TPSA) is 35.6 Å². The quantitative estimate of drug-likeness (QED) is 0.824. The molecule has 6 heteroatoms. The lowest BCUT2D eigenvalue weighted by atomic mass is 10.1. The van der Waals surface area contributed by atoms with Crippen LogP contribution in [0.3, 0.4) is 0 Å². The average Bonchev–Trinajstić information content (AvgIpc) is 3.18. The van der Waals surface area contributed by atoms with E-state index in [0.717, 1.165) is 36.6 Å². The van der Waals surface area contributed by atoms with E-state index in [9.17, 15) is 13.6 Å². The van der Waals surface area contributed by atoms with Crippen molar-refractivity contribution in [3.05, 3.63) is 59.7 Å². The minimum Gasteiger partial charge on any atom is -0.372 e. The molecular formula is C21H25F2N3O. The van der Waals surface area contributed by atoms with Gasteiger partial charge < -0.3 is 10.2 Å². The second-order valence-electron chi connectivity index (χ2n) is 7.05. The van der Waals surface area contributed by atoms with Crippen molar-refractivity contribution in [2.75, 3.05) is 36.9 Å². The maximum atomic E-state index is 13.9. The van der Waals surface area contributed by atoms with Gasteiger partial charge in [0.25, 0.3) is 0 Å². The highest BCUT2D eigenvalue weighted by Crippen LogP contribution is 2.24. The van der Waals surface area contributed by atoms with Crippen LogP contribution in [-0.4, -0.2) is 37.5 Å². The lowest BCUT2D eigenvalue weighted by molar-refractivity contribution is -0.117. The molecule has 1 atom stereocenters. The molecule has 0 aromatic heterocycles. The highest BCUT2D eigenvalue weighted by molar-refractivity contribution is 5.92. The number of nitrogens with zero attached hydrogens (tertiary/aromatic N) is 2. The molecule has 0 spiro atoms. The fourth-order valence-electron chi connectivity index (χ4n) is 3.37. The molecule has 1 heterocycles. The molecule has 0 aliphatic carbocycles. The first-order valence-corrected chi connectivity index (χ1v) is 9.24. The van der Waals surface area contributed by atoms with E-state index in [0.29, 0.717) is 0 Å². The number of amides is 1. The Labute approximate surface area is 158 Å². The van der Waals surface area contributed by atoms with Crippen LogP contribution in [-0.2, 0) is 4.79 Å². The summed E-state index contributed by atoms with van der Waals surface area (Å²) in [5.74, 6) is -1.17. The van der Waals surface area contributed by atoms with Crippen molar-refractivity contribution in [1.29, 1.82) is 0 Å². The third kappa shape index (κ3) is 4.83. The molecule has 27 heavy (non-hydrogen) atoms. The van der Waals surface area contributed by atoms with Crippen molar-refractivity contribution in [2.45, 2.75) is 25.8 Å². The van der Waals surface area contributed by atoms with Crippen molar-refractivity contribution in [1.82, 2.24) is 4.90 Å². The molecule has 1 fully saturated rings. The van der Waals surface area contributed by atoms with Crippen molar-refractivity contribution >= 4 is 17.3 Å². The molecule has 1 N–H and O–H groups in total. The maximum absolute atomic E-state index is 13.9. The molecule has 2 aromatic rings. The van der Waals surface area contributed by atoms with Gasteiger partial charge in [-0.2, -0.15) is 0 Å². The predicted molar refractivity (Wildman–Crippen MR) is 104 cm³/mol. The van der Waals surface area contributed by atoms with E-state index in [1.165, 1.54) is 18.9 Å². The lowest BCUT2D eigenvalue weighted by Gasteiger charge is -2.25. The molecule has 4 nitrogen and oxygen atoms in total. The Morgan fingerprint density at radius 2 is 1.81 bits per heavy atom. The van der Waals surface area contributed by atoms with Gasteiger partial charge in [0.15, 0.2) is 0 Å². The van der Waals surface area contributed by atoms with E-state index < -0.39 is 17.7 Å². The van der Waals surface area contributed by atoms with Crippen LogP contribution >= 0.6 is 0 Å². The van der Waals surface area contributed by atoms with E-state index in [-0.39, 0.29) is 18.0 Å². The molecule has 3 rings (SSSR count). The summed E-state index contributed by atoms with van der Waals surface area (Å²) in [5, 5.41) is 2.86. The molecule has 1 aliphatic heterocycles. The average molecular weight is 373 g/mol. The fraction of sp³-hybridized carbons (Fsp3) is 0.381. The maximum Gasteiger partial charge on any atom is 0.238 e. The van der Waals surface area contributed by atoms with Crippen LogP contribution in [0.2, 0.25) is 0 Å². The van der Waals surface area contributed by atoms with E-state index in [1.54, 1.807) is 18.9 Å². The number of likely N-dealkylation sites (N-methyl/N-ethyl adjacent to an activating group) is 1. The summed E-state index contributed by atoms with van der Waals surface area (Å²) < 4.78 is 27.3. The molecule has 0 saturated carbocycles. The summed E-state index contributed by atoms with van der Waals surface area (Å²) in [6.07, 6.45) is 2.43. The minimum absolute atomic E-state index is 0.0744. The smallest absolute Gasteiger partial charge is 0.238 e. The Kier molecular flexibility index (Phi) is 6.06. The normalized spacial score (nSPS) is 15.2. The zero-order chi connectivity index (χ0) is 19.4. The number of benzene rings is 2. The van der Waals surface area contributed by atoms with Crippen LogP contribution in [0.1, 0.15) is 31.4 Å². The summed E-state index contributed by atoms with van der Waals surface area (Å²) in [6.45, 7) is 3.97. The largest absolute Gasteiger partial charge is 0.372 e. The first kappa shape index (κ1) is 19.3. The van der Waals surface area contributed by atoms with E-state index in [4.69, 9.17) is 0 Å². The van der Waals surface area contributed by atoms with Gasteiger partial charge >= 0.3 is 0 Å². The van der Waals surface area contributed by atoms with Gasteiger partial charge in [0.2, 0.25) is 5.91 Å². The number of hydrogen-bond donors (Lipinski definition) is 1. The Hall–Kier alpha value is -2.47. The standard InChI is InChI=1S/C21H25F2N3O/c1-15(19-13-16(22)5-10-20(19)23)25(2)14-21(27)24-17-6-8-18(9-7-17)26-11-3-4-12-26/h5-10,13,15H,3-4,11-12,14H2,1-2H3,(H,24,27). The molecule has 144 valence electrons. The second kappa shape index (κ2) is 8.48. The van der Waals surface area contributed by atoms with Crippen LogP contribution in [0.15, 0.2) is 42.5 Å². The Morgan fingerprint density at radius 1 is 1.15 bits per heavy atom.